The molecule has 2 amide bonds. The third-order valence-corrected chi connectivity index (χ3v) is 4.90. The number of nitrogens with one attached hydrogen (secondary N) is 2. The van der Waals surface area contributed by atoms with Gasteiger partial charge in [-0.25, -0.2) is 8.42 Å². The number of nitrogens with zero attached hydrogens (tertiary/aromatic N) is 1. The Morgan fingerprint density at radius 2 is 1.79 bits per heavy atom. The molecular weight excluding hydrogens is 378 g/mol. The van der Waals surface area contributed by atoms with E-state index in [9.17, 15) is 18.0 Å². The predicted octanol–water partition coefficient (Wildman–Crippen LogP) is 2.96. The fourth-order valence-corrected chi connectivity index (χ4v) is 3.73. The summed E-state index contributed by atoms with van der Waals surface area (Å²) < 4.78 is 25.1. The van der Waals surface area contributed by atoms with Gasteiger partial charge in [0.15, 0.2) is 0 Å². The first-order valence-electron chi connectivity index (χ1n) is 8.67. The second kappa shape index (κ2) is 7.85. The average Bonchev–Trinajstić information content (AvgIpc) is 2.60. The molecule has 1 heterocycles. The van der Waals surface area contributed by atoms with Crippen molar-refractivity contribution in [2.75, 3.05) is 16.3 Å². The highest BCUT2D eigenvalue weighted by atomic mass is 32.2. The summed E-state index contributed by atoms with van der Waals surface area (Å²) in [6, 6.07) is 13.7. The molecule has 0 spiro atoms. The Labute approximate surface area is 164 Å². The van der Waals surface area contributed by atoms with Crippen LogP contribution in [0.2, 0.25) is 0 Å². The second-order valence-corrected chi connectivity index (χ2v) is 8.34. The number of sulfonamides is 1. The molecule has 146 valence electrons. The van der Waals surface area contributed by atoms with Crippen molar-refractivity contribution in [2.45, 2.75) is 19.4 Å². The van der Waals surface area contributed by atoms with Crippen LogP contribution in [0.5, 0.6) is 0 Å². The van der Waals surface area contributed by atoms with Crippen LogP contribution in [0.1, 0.15) is 30.5 Å². The van der Waals surface area contributed by atoms with Crippen LogP contribution in [-0.4, -0.2) is 31.4 Å². The molecule has 0 saturated heterocycles. The van der Waals surface area contributed by atoms with E-state index in [1.165, 1.54) is 13.0 Å². The Morgan fingerprint density at radius 1 is 1.07 bits per heavy atom. The van der Waals surface area contributed by atoms with Crippen LogP contribution < -0.4 is 10.0 Å². The minimum Gasteiger partial charge on any atom is -0.326 e. The maximum absolute atomic E-state index is 12.6. The van der Waals surface area contributed by atoms with Gasteiger partial charge in [0.25, 0.3) is 0 Å². The molecule has 8 heteroatoms. The van der Waals surface area contributed by atoms with Crippen LogP contribution in [0.3, 0.4) is 0 Å². The lowest BCUT2D eigenvalue weighted by molar-refractivity contribution is -0.129. The van der Waals surface area contributed by atoms with E-state index in [0.29, 0.717) is 11.4 Å². The van der Waals surface area contributed by atoms with E-state index in [2.05, 4.69) is 10.0 Å². The molecule has 1 unspecified atom stereocenters. The average molecular weight is 399 g/mol. The molecule has 7 nitrogen and oxygen atoms in total. The number of hydrogen-bond donors (Lipinski definition) is 2. The van der Waals surface area contributed by atoms with E-state index >= 15 is 0 Å². The van der Waals surface area contributed by atoms with Gasteiger partial charge in [-0.3, -0.25) is 14.3 Å². The third kappa shape index (κ3) is 4.77. The fourth-order valence-electron chi connectivity index (χ4n) is 3.18. The van der Waals surface area contributed by atoms with Gasteiger partial charge in [0.1, 0.15) is 0 Å². The Balaban J connectivity index is 1.77. The van der Waals surface area contributed by atoms with Crippen LogP contribution in [0.25, 0.3) is 6.08 Å². The summed E-state index contributed by atoms with van der Waals surface area (Å²) in [5, 5.41) is 2.77. The molecule has 0 aromatic heterocycles. The van der Waals surface area contributed by atoms with Crippen LogP contribution in [-0.2, 0) is 19.6 Å². The minimum absolute atomic E-state index is 0.0741. The van der Waals surface area contributed by atoms with Gasteiger partial charge in [-0.15, -0.1) is 0 Å². The summed E-state index contributed by atoms with van der Waals surface area (Å²) in [5.74, 6) is -0.430. The van der Waals surface area contributed by atoms with Crippen LogP contribution in [0.15, 0.2) is 54.7 Å². The summed E-state index contributed by atoms with van der Waals surface area (Å²) >= 11 is 0. The van der Waals surface area contributed by atoms with Gasteiger partial charge < -0.3 is 10.2 Å². The highest BCUT2D eigenvalue weighted by molar-refractivity contribution is 7.92. The first kappa shape index (κ1) is 19.6. The van der Waals surface area contributed by atoms with Crippen molar-refractivity contribution < 1.29 is 18.0 Å². The van der Waals surface area contributed by atoms with Crippen LogP contribution >= 0.6 is 0 Å². The molecule has 3 rings (SSSR count). The van der Waals surface area contributed by atoms with E-state index in [-0.39, 0.29) is 18.2 Å². The lowest BCUT2D eigenvalue weighted by Gasteiger charge is -2.32. The topological polar surface area (TPSA) is 95.6 Å². The molecule has 28 heavy (non-hydrogen) atoms. The smallest absolute Gasteiger partial charge is 0.229 e. The van der Waals surface area contributed by atoms with Crippen molar-refractivity contribution >= 4 is 39.3 Å². The van der Waals surface area contributed by atoms with E-state index in [4.69, 9.17) is 0 Å². The van der Waals surface area contributed by atoms with Crippen molar-refractivity contribution in [1.29, 1.82) is 0 Å². The Bertz CT molecular complexity index is 1050. The monoisotopic (exact) mass is 399 g/mol. The molecule has 0 bridgehead atoms. The number of carbonyl (C=O) groups excluding carboxylic acids is 2. The second-order valence-electron chi connectivity index (χ2n) is 6.59. The number of anilines is 2. The summed E-state index contributed by atoms with van der Waals surface area (Å²) in [4.78, 5) is 26.2. The zero-order valence-electron chi connectivity index (χ0n) is 15.5. The number of carbonyl (C=O) groups is 2. The van der Waals surface area contributed by atoms with Crippen molar-refractivity contribution in [1.82, 2.24) is 4.90 Å². The quantitative estimate of drug-likeness (QED) is 0.808. The van der Waals surface area contributed by atoms with Gasteiger partial charge in [-0.05, 0) is 35.4 Å². The molecule has 0 fully saturated rings. The van der Waals surface area contributed by atoms with E-state index in [1.54, 1.807) is 29.3 Å². The molecule has 2 aromatic rings. The van der Waals surface area contributed by atoms with Gasteiger partial charge in [0.05, 0.1) is 24.4 Å². The van der Waals surface area contributed by atoms with Gasteiger partial charge in [0.2, 0.25) is 21.8 Å². The highest BCUT2D eigenvalue weighted by Gasteiger charge is 2.28. The highest BCUT2D eigenvalue weighted by Crippen LogP contribution is 2.33. The van der Waals surface area contributed by atoms with Gasteiger partial charge in [-0.1, -0.05) is 30.3 Å². The molecule has 1 atom stereocenters. The van der Waals surface area contributed by atoms with Crippen LogP contribution in [0.4, 0.5) is 11.4 Å². The maximum atomic E-state index is 12.6. The number of fused-ring (bicyclic) bond motifs is 1. The van der Waals surface area contributed by atoms with Gasteiger partial charge in [0, 0.05) is 18.8 Å². The molecule has 1 aliphatic heterocycles. The third-order valence-electron chi connectivity index (χ3n) is 4.30. The standard InChI is InChI=1S/C20H21N3O4S/c1-14(24)23-11-10-15-6-3-4-9-18(15)19(23)13-20(25)21-16-7-5-8-17(12-16)22-28(2,26)27/h3-12,19,22H,13H2,1-2H3,(H,21,25). The largest absolute Gasteiger partial charge is 0.326 e. The summed E-state index contributed by atoms with van der Waals surface area (Å²) in [6.45, 7) is 1.46. The van der Waals surface area contributed by atoms with Crippen molar-refractivity contribution in [3.8, 4) is 0 Å². The predicted molar refractivity (Wildman–Crippen MR) is 109 cm³/mol. The number of rotatable bonds is 5. The normalized spacial score (nSPS) is 15.6. The molecule has 0 saturated carbocycles. The first-order chi connectivity index (χ1) is 13.2. The molecular formula is C20H21N3O4S. The first-order valence-corrected chi connectivity index (χ1v) is 10.6. The van der Waals surface area contributed by atoms with Crippen molar-refractivity contribution in [3.05, 3.63) is 65.9 Å². The number of benzene rings is 2. The van der Waals surface area contributed by atoms with Crippen molar-refractivity contribution in [3.63, 3.8) is 0 Å². The molecule has 2 N–H and O–H groups in total. The molecule has 0 aliphatic carbocycles. The van der Waals surface area contributed by atoms with Gasteiger partial charge >= 0.3 is 0 Å². The van der Waals surface area contributed by atoms with E-state index in [1.807, 2.05) is 30.3 Å². The molecule has 0 radical (unpaired) electrons. The number of hydrogen-bond acceptors (Lipinski definition) is 4. The SMILES string of the molecule is CC(=O)N1C=Cc2ccccc2C1CC(=O)Nc1cccc(NS(C)(=O)=O)c1. The van der Waals surface area contributed by atoms with Crippen molar-refractivity contribution in [2.24, 2.45) is 0 Å². The molecule has 2 aromatic carbocycles. The number of amides is 2. The maximum Gasteiger partial charge on any atom is 0.229 e. The van der Waals surface area contributed by atoms with E-state index in [0.717, 1.165) is 17.4 Å². The van der Waals surface area contributed by atoms with E-state index < -0.39 is 16.1 Å². The lowest BCUT2D eigenvalue weighted by atomic mass is 9.93. The Hall–Kier alpha value is -3.13. The molecule has 1 aliphatic rings. The fraction of sp³-hybridized carbons (Fsp3) is 0.200. The summed E-state index contributed by atoms with van der Waals surface area (Å²) in [6.07, 6.45) is 4.68. The zero-order valence-corrected chi connectivity index (χ0v) is 16.4. The minimum atomic E-state index is -3.41. The summed E-state index contributed by atoms with van der Waals surface area (Å²) in [5.41, 5.74) is 2.70. The van der Waals surface area contributed by atoms with Crippen LogP contribution in [0, 0.1) is 0 Å². The van der Waals surface area contributed by atoms with Gasteiger partial charge in [-0.2, -0.15) is 0 Å². The summed E-state index contributed by atoms with van der Waals surface area (Å²) in [7, 11) is -3.41. The Morgan fingerprint density at radius 3 is 2.50 bits per heavy atom. The zero-order chi connectivity index (χ0) is 20.3. The Kier molecular flexibility index (Phi) is 5.51. The lowest BCUT2D eigenvalue weighted by Crippen LogP contribution is -2.33.